The fourth-order valence-electron chi connectivity index (χ4n) is 2.75. The number of rotatable bonds is 7. The molecule has 3 aromatic carbocycles. The molecule has 34 heavy (non-hydrogen) atoms. The molecule has 0 spiro atoms. The van der Waals surface area contributed by atoms with Gasteiger partial charge in [0.2, 0.25) is 0 Å². The van der Waals surface area contributed by atoms with Gasteiger partial charge >= 0.3 is 6.18 Å². The van der Waals surface area contributed by atoms with Crippen molar-refractivity contribution in [3.63, 3.8) is 0 Å². The molecule has 0 unspecified atom stereocenters. The summed E-state index contributed by atoms with van der Waals surface area (Å²) in [5, 5.41) is 1.98. The van der Waals surface area contributed by atoms with Crippen molar-refractivity contribution in [3.05, 3.63) is 83.1 Å². The molecule has 3 rings (SSSR count). The van der Waals surface area contributed by atoms with Crippen molar-refractivity contribution in [2.45, 2.75) is 24.1 Å². The van der Waals surface area contributed by atoms with Gasteiger partial charge in [-0.15, -0.1) is 0 Å². The summed E-state index contributed by atoms with van der Waals surface area (Å²) in [7, 11) is -4.22. The lowest BCUT2D eigenvalue weighted by molar-refractivity contribution is -0.137. The largest absolute Gasteiger partial charge is 0.481 e. The van der Waals surface area contributed by atoms with E-state index in [9.17, 15) is 30.8 Å². The lowest BCUT2D eigenvalue weighted by atomic mass is 10.2. The van der Waals surface area contributed by atoms with Gasteiger partial charge in [-0.1, -0.05) is 11.6 Å². The Balaban J connectivity index is 1.67. The van der Waals surface area contributed by atoms with Gasteiger partial charge in [0.25, 0.3) is 15.9 Å². The van der Waals surface area contributed by atoms with E-state index in [-0.39, 0.29) is 22.0 Å². The third-order valence-corrected chi connectivity index (χ3v) is 6.18. The summed E-state index contributed by atoms with van der Waals surface area (Å²) in [6, 6.07) is 12.7. The average molecular weight is 517 g/mol. The molecule has 0 bridgehead atoms. The van der Waals surface area contributed by atoms with Crippen molar-refractivity contribution in [3.8, 4) is 5.75 Å². The summed E-state index contributed by atoms with van der Waals surface area (Å²) in [4.78, 5) is 12.1. The Bertz CT molecular complexity index is 1280. The minimum Gasteiger partial charge on any atom is -0.481 e. The molecule has 3 aromatic rings. The first-order chi connectivity index (χ1) is 15.8. The van der Waals surface area contributed by atoms with Crippen LogP contribution in [0.1, 0.15) is 12.5 Å². The molecule has 12 heteroatoms. The molecule has 0 saturated heterocycles. The van der Waals surface area contributed by atoms with Gasteiger partial charge in [-0.3, -0.25) is 9.52 Å². The van der Waals surface area contributed by atoms with E-state index in [2.05, 4.69) is 10.0 Å². The van der Waals surface area contributed by atoms with Crippen LogP contribution >= 0.6 is 11.6 Å². The van der Waals surface area contributed by atoms with E-state index in [1.54, 1.807) is 0 Å². The molecule has 0 aromatic heterocycles. The fourth-order valence-corrected chi connectivity index (χ4v) is 4.03. The zero-order valence-corrected chi connectivity index (χ0v) is 18.9. The Morgan fingerprint density at radius 3 is 2.15 bits per heavy atom. The average Bonchev–Trinajstić information content (AvgIpc) is 2.76. The number of benzene rings is 3. The summed E-state index contributed by atoms with van der Waals surface area (Å²) in [6.45, 7) is 1.47. The van der Waals surface area contributed by atoms with Gasteiger partial charge in [-0.05, 0) is 73.7 Å². The van der Waals surface area contributed by atoms with Gasteiger partial charge in [0.15, 0.2) is 6.10 Å². The van der Waals surface area contributed by atoms with Crippen LogP contribution in [0.5, 0.6) is 5.75 Å². The predicted octanol–water partition coefficient (Wildman–Crippen LogP) is 5.70. The lowest BCUT2D eigenvalue weighted by Crippen LogP contribution is -2.30. The van der Waals surface area contributed by atoms with Gasteiger partial charge in [-0.2, -0.15) is 13.2 Å². The van der Waals surface area contributed by atoms with Crippen molar-refractivity contribution in [2.75, 3.05) is 10.0 Å². The number of carbonyl (C=O) groups excluding carboxylic acids is 1. The molecular weight excluding hydrogens is 500 g/mol. The number of hydrogen-bond donors (Lipinski definition) is 2. The van der Waals surface area contributed by atoms with E-state index in [1.165, 1.54) is 55.5 Å². The second-order valence-electron chi connectivity index (χ2n) is 7.03. The third-order valence-electron chi connectivity index (χ3n) is 4.45. The molecule has 0 aliphatic rings. The summed E-state index contributed by atoms with van der Waals surface area (Å²) < 4.78 is 84.6. The van der Waals surface area contributed by atoms with Crippen LogP contribution in [0, 0.1) is 5.82 Å². The summed E-state index contributed by atoms with van der Waals surface area (Å²) in [5.41, 5.74) is -1.24. The maximum Gasteiger partial charge on any atom is 0.417 e. The Kier molecular flexibility index (Phi) is 7.37. The maximum absolute atomic E-state index is 13.0. The summed E-state index contributed by atoms with van der Waals surface area (Å²) >= 11 is 5.55. The highest BCUT2D eigenvalue weighted by Gasteiger charge is 2.33. The van der Waals surface area contributed by atoms with Crippen LogP contribution in [-0.2, 0) is 21.0 Å². The zero-order valence-electron chi connectivity index (χ0n) is 17.4. The molecule has 1 atom stereocenters. The number of hydrogen-bond acceptors (Lipinski definition) is 4. The number of sulfonamides is 1. The smallest absolute Gasteiger partial charge is 0.417 e. The molecule has 2 N–H and O–H groups in total. The van der Waals surface area contributed by atoms with Crippen LogP contribution in [0.25, 0.3) is 0 Å². The predicted molar refractivity (Wildman–Crippen MR) is 119 cm³/mol. The number of amides is 1. The van der Waals surface area contributed by atoms with Crippen LogP contribution < -0.4 is 14.8 Å². The van der Waals surface area contributed by atoms with Crippen LogP contribution in [0.2, 0.25) is 5.02 Å². The molecule has 0 fully saturated rings. The van der Waals surface area contributed by atoms with Gasteiger partial charge in [-0.25, -0.2) is 12.8 Å². The minimum absolute atomic E-state index is 0.246. The zero-order chi connectivity index (χ0) is 25.1. The van der Waals surface area contributed by atoms with Crippen molar-refractivity contribution in [1.82, 2.24) is 0 Å². The fraction of sp³-hybridized carbons (Fsp3) is 0.136. The van der Waals surface area contributed by atoms with Gasteiger partial charge < -0.3 is 10.1 Å². The van der Waals surface area contributed by atoms with Crippen molar-refractivity contribution in [2.24, 2.45) is 0 Å². The topological polar surface area (TPSA) is 84.5 Å². The highest BCUT2D eigenvalue weighted by atomic mass is 35.5. The summed E-state index contributed by atoms with van der Waals surface area (Å²) in [5.74, 6) is -0.711. The summed E-state index contributed by atoms with van der Waals surface area (Å²) in [6.07, 6.45) is -5.70. The first-order valence-corrected chi connectivity index (χ1v) is 11.4. The molecule has 0 aliphatic carbocycles. The Morgan fingerprint density at radius 1 is 0.971 bits per heavy atom. The van der Waals surface area contributed by atoms with Crippen LogP contribution in [0.15, 0.2) is 71.6 Å². The number of anilines is 2. The van der Waals surface area contributed by atoms with Crippen LogP contribution in [0.3, 0.4) is 0 Å². The second-order valence-corrected chi connectivity index (χ2v) is 9.12. The Labute approximate surface area is 197 Å². The first-order valence-electron chi connectivity index (χ1n) is 9.58. The molecule has 1 amide bonds. The molecule has 0 saturated carbocycles. The van der Waals surface area contributed by atoms with Crippen molar-refractivity contribution >= 4 is 38.9 Å². The lowest BCUT2D eigenvalue weighted by Gasteiger charge is -2.15. The molecular formula is C22H17ClF4N2O4S. The van der Waals surface area contributed by atoms with E-state index < -0.39 is 44.6 Å². The van der Waals surface area contributed by atoms with E-state index in [0.717, 1.165) is 12.1 Å². The van der Waals surface area contributed by atoms with E-state index in [1.807, 2.05) is 0 Å². The second kappa shape index (κ2) is 9.90. The molecule has 0 heterocycles. The number of ether oxygens (including phenoxy) is 1. The van der Waals surface area contributed by atoms with Crippen LogP contribution in [-0.4, -0.2) is 20.4 Å². The Hall–Kier alpha value is -3.31. The van der Waals surface area contributed by atoms with E-state index >= 15 is 0 Å². The highest BCUT2D eigenvalue weighted by molar-refractivity contribution is 7.92. The quantitative estimate of drug-likeness (QED) is 0.394. The highest BCUT2D eigenvalue weighted by Crippen LogP contribution is 2.36. The number of carbonyl (C=O) groups is 1. The SMILES string of the molecule is C[C@@H](Oc1ccc(F)cc1)C(=O)Nc1ccc(S(=O)(=O)Nc2ccc(Cl)c(C(F)(F)F)c2)cc1. The third kappa shape index (κ3) is 6.39. The van der Waals surface area contributed by atoms with E-state index in [0.29, 0.717) is 6.07 Å². The molecule has 6 nitrogen and oxygen atoms in total. The normalized spacial score (nSPS) is 12.6. The van der Waals surface area contributed by atoms with Crippen molar-refractivity contribution in [1.29, 1.82) is 0 Å². The molecule has 0 radical (unpaired) electrons. The van der Waals surface area contributed by atoms with Crippen LogP contribution in [0.4, 0.5) is 28.9 Å². The van der Waals surface area contributed by atoms with Crippen molar-refractivity contribution < 1.29 is 35.5 Å². The molecule has 180 valence electrons. The van der Waals surface area contributed by atoms with Gasteiger partial charge in [0, 0.05) is 11.4 Å². The van der Waals surface area contributed by atoms with E-state index in [4.69, 9.17) is 16.3 Å². The standard InChI is InChI=1S/C22H17ClF4N2O4S/c1-13(33-17-7-2-14(24)3-8-17)21(30)28-15-4-9-18(10-5-15)34(31,32)29-16-6-11-20(23)19(12-16)22(25,26)27/h2-13,29H,1H3,(H,28,30)/t13-/m1/s1. The first kappa shape index (κ1) is 25.3. The maximum atomic E-state index is 13.0. The van der Waals surface area contributed by atoms with Gasteiger partial charge in [0.05, 0.1) is 15.5 Å². The minimum atomic E-state index is -4.75. The number of halogens is 5. The molecule has 0 aliphatic heterocycles. The number of nitrogens with one attached hydrogen (secondary N) is 2. The number of alkyl halides is 3. The monoisotopic (exact) mass is 516 g/mol. The Morgan fingerprint density at radius 2 is 1.56 bits per heavy atom. The van der Waals surface area contributed by atoms with Gasteiger partial charge in [0.1, 0.15) is 11.6 Å².